The van der Waals surface area contributed by atoms with Gasteiger partial charge in [-0.2, -0.15) is 0 Å². The lowest BCUT2D eigenvalue weighted by Gasteiger charge is -2.15. The Labute approximate surface area is 114 Å². The van der Waals surface area contributed by atoms with Crippen LogP contribution in [0.1, 0.15) is 38.3 Å². The maximum atomic E-state index is 11.5. The summed E-state index contributed by atoms with van der Waals surface area (Å²) in [6.07, 6.45) is 2.39. The molecule has 1 atom stereocenters. The average Bonchev–Trinajstić information content (AvgIpc) is 2.27. The normalized spacial score (nSPS) is 12.8. The predicted octanol–water partition coefficient (Wildman–Crippen LogP) is 2.04. The molecular weight excluding hydrogens is 264 g/mol. The summed E-state index contributed by atoms with van der Waals surface area (Å²) in [6.45, 7) is 3.81. The van der Waals surface area contributed by atoms with Crippen LogP contribution in [0, 0.1) is 0 Å². The first-order valence-electron chi connectivity index (χ1n) is 6.19. The number of sulfonamides is 1. The largest absolute Gasteiger partial charge is 0.350 e. The summed E-state index contributed by atoms with van der Waals surface area (Å²) in [5, 5.41) is 2.87. The third kappa shape index (κ3) is 5.74. The molecule has 0 fully saturated rings. The van der Waals surface area contributed by atoms with Gasteiger partial charge in [-0.25, -0.2) is 8.42 Å². The SMILES string of the molecule is CCCC(=O)N[C@H](C)c1cccc(NS(C)(=O)=O)c1. The standard InChI is InChI=1S/C13H20N2O3S/c1-4-6-13(16)14-10(2)11-7-5-8-12(9-11)15-19(3,17)18/h5,7-10,15H,4,6H2,1-3H3,(H,14,16)/t10-/m1/s1. The monoisotopic (exact) mass is 284 g/mol. The Morgan fingerprint density at radius 3 is 2.63 bits per heavy atom. The first-order chi connectivity index (χ1) is 8.81. The van der Waals surface area contributed by atoms with Gasteiger partial charge in [0.05, 0.1) is 12.3 Å². The Morgan fingerprint density at radius 2 is 2.05 bits per heavy atom. The zero-order valence-corrected chi connectivity index (χ0v) is 12.3. The number of benzene rings is 1. The number of hydrogen-bond donors (Lipinski definition) is 2. The van der Waals surface area contributed by atoms with Crippen LogP contribution in [0.5, 0.6) is 0 Å². The molecule has 0 saturated carbocycles. The van der Waals surface area contributed by atoms with Crippen molar-refractivity contribution in [3.63, 3.8) is 0 Å². The topological polar surface area (TPSA) is 75.3 Å². The second-order valence-electron chi connectivity index (χ2n) is 4.54. The summed E-state index contributed by atoms with van der Waals surface area (Å²) < 4.78 is 24.7. The lowest BCUT2D eigenvalue weighted by Crippen LogP contribution is -2.26. The fourth-order valence-corrected chi connectivity index (χ4v) is 2.26. The zero-order valence-electron chi connectivity index (χ0n) is 11.4. The molecule has 0 bridgehead atoms. The van der Waals surface area contributed by atoms with Crippen LogP contribution in [0.2, 0.25) is 0 Å². The molecule has 6 heteroatoms. The molecule has 0 aliphatic rings. The number of amides is 1. The van der Waals surface area contributed by atoms with Crippen LogP contribution < -0.4 is 10.0 Å². The first kappa shape index (κ1) is 15.5. The first-order valence-corrected chi connectivity index (χ1v) is 8.08. The zero-order chi connectivity index (χ0) is 14.5. The van der Waals surface area contributed by atoms with Crippen molar-refractivity contribution in [2.24, 2.45) is 0 Å². The minimum atomic E-state index is -3.29. The van der Waals surface area contributed by atoms with E-state index < -0.39 is 10.0 Å². The van der Waals surface area contributed by atoms with Crippen molar-refractivity contribution in [1.82, 2.24) is 5.32 Å². The molecule has 0 heterocycles. The van der Waals surface area contributed by atoms with E-state index in [0.29, 0.717) is 12.1 Å². The van der Waals surface area contributed by atoms with Crippen LogP contribution in [0.15, 0.2) is 24.3 Å². The highest BCUT2D eigenvalue weighted by atomic mass is 32.2. The molecule has 1 rings (SSSR count). The Bertz CT molecular complexity index is 541. The maximum Gasteiger partial charge on any atom is 0.229 e. The molecular formula is C13H20N2O3S. The van der Waals surface area contributed by atoms with Crippen LogP contribution in [0.3, 0.4) is 0 Å². The Kier molecular flexibility index (Phi) is 5.35. The van der Waals surface area contributed by atoms with E-state index >= 15 is 0 Å². The predicted molar refractivity (Wildman–Crippen MR) is 76.4 cm³/mol. The van der Waals surface area contributed by atoms with Gasteiger partial charge < -0.3 is 5.32 Å². The number of carbonyl (C=O) groups excluding carboxylic acids is 1. The molecule has 0 aliphatic heterocycles. The molecule has 0 unspecified atom stereocenters. The molecule has 0 spiro atoms. The van der Waals surface area contributed by atoms with Crippen molar-refractivity contribution < 1.29 is 13.2 Å². The number of nitrogens with one attached hydrogen (secondary N) is 2. The average molecular weight is 284 g/mol. The van der Waals surface area contributed by atoms with Gasteiger partial charge in [-0.3, -0.25) is 9.52 Å². The quantitative estimate of drug-likeness (QED) is 0.839. The fourth-order valence-electron chi connectivity index (χ4n) is 1.71. The number of rotatable bonds is 6. The molecule has 19 heavy (non-hydrogen) atoms. The molecule has 1 amide bonds. The van der Waals surface area contributed by atoms with Crippen molar-refractivity contribution in [3.8, 4) is 0 Å². The van der Waals surface area contributed by atoms with Gasteiger partial charge in [0.2, 0.25) is 15.9 Å². The van der Waals surface area contributed by atoms with Crippen molar-refractivity contribution >= 4 is 21.6 Å². The maximum absolute atomic E-state index is 11.5. The van der Waals surface area contributed by atoms with E-state index in [-0.39, 0.29) is 11.9 Å². The van der Waals surface area contributed by atoms with Crippen LogP contribution in [-0.2, 0) is 14.8 Å². The van der Waals surface area contributed by atoms with Gasteiger partial charge >= 0.3 is 0 Å². The van der Waals surface area contributed by atoms with E-state index in [2.05, 4.69) is 10.0 Å². The molecule has 0 saturated heterocycles. The summed E-state index contributed by atoms with van der Waals surface area (Å²) >= 11 is 0. The van der Waals surface area contributed by atoms with E-state index in [9.17, 15) is 13.2 Å². The van der Waals surface area contributed by atoms with E-state index in [0.717, 1.165) is 18.2 Å². The highest BCUT2D eigenvalue weighted by Crippen LogP contribution is 2.18. The van der Waals surface area contributed by atoms with Gasteiger partial charge in [0.15, 0.2) is 0 Å². The summed E-state index contributed by atoms with van der Waals surface area (Å²) in [4.78, 5) is 11.5. The summed E-state index contributed by atoms with van der Waals surface area (Å²) in [6, 6.07) is 6.85. The summed E-state index contributed by atoms with van der Waals surface area (Å²) in [5.41, 5.74) is 1.36. The van der Waals surface area contributed by atoms with Gasteiger partial charge in [0, 0.05) is 12.1 Å². The lowest BCUT2D eigenvalue weighted by atomic mass is 10.1. The Morgan fingerprint density at radius 1 is 1.37 bits per heavy atom. The smallest absolute Gasteiger partial charge is 0.229 e. The van der Waals surface area contributed by atoms with Crippen molar-refractivity contribution in [1.29, 1.82) is 0 Å². The van der Waals surface area contributed by atoms with E-state index in [4.69, 9.17) is 0 Å². The van der Waals surface area contributed by atoms with E-state index in [1.807, 2.05) is 19.9 Å². The molecule has 0 aromatic heterocycles. The van der Waals surface area contributed by atoms with Crippen LogP contribution in [0.25, 0.3) is 0 Å². The van der Waals surface area contributed by atoms with Gasteiger partial charge in [-0.05, 0) is 31.0 Å². The van der Waals surface area contributed by atoms with Crippen molar-refractivity contribution in [2.75, 3.05) is 11.0 Å². The fraction of sp³-hybridized carbons (Fsp3) is 0.462. The summed E-state index contributed by atoms with van der Waals surface area (Å²) in [7, 11) is -3.29. The van der Waals surface area contributed by atoms with Crippen LogP contribution in [0.4, 0.5) is 5.69 Å². The molecule has 0 radical (unpaired) electrons. The second-order valence-corrected chi connectivity index (χ2v) is 6.29. The molecule has 2 N–H and O–H groups in total. The lowest BCUT2D eigenvalue weighted by molar-refractivity contribution is -0.121. The number of carbonyl (C=O) groups is 1. The molecule has 1 aromatic carbocycles. The van der Waals surface area contributed by atoms with Gasteiger partial charge in [0.1, 0.15) is 0 Å². The third-order valence-electron chi connectivity index (χ3n) is 2.54. The van der Waals surface area contributed by atoms with E-state index in [1.54, 1.807) is 18.2 Å². The third-order valence-corrected chi connectivity index (χ3v) is 3.15. The van der Waals surface area contributed by atoms with Crippen LogP contribution in [-0.4, -0.2) is 20.6 Å². The van der Waals surface area contributed by atoms with Crippen molar-refractivity contribution in [2.45, 2.75) is 32.7 Å². The molecule has 1 aromatic rings. The van der Waals surface area contributed by atoms with Crippen LogP contribution >= 0.6 is 0 Å². The minimum absolute atomic E-state index is 0.00326. The Balaban J connectivity index is 2.78. The summed E-state index contributed by atoms with van der Waals surface area (Å²) in [5.74, 6) is -0.00326. The van der Waals surface area contributed by atoms with Gasteiger partial charge in [-0.1, -0.05) is 19.1 Å². The van der Waals surface area contributed by atoms with Gasteiger partial charge in [0.25, 0.3) is 0 Å². The minimum Gasteiger partial charge on any atom is -0.350 e. The highest BCUT2D eigenvalue weighted by molar-refractivity contribution is 7.92. The van der Waals surface area contributed by atoms with E-state index in [1.165, 1.54) is 0 Å². The molecule has 0 aliphatic carbocycles. The highest BCUT2D eigenvalue weighted by Gasteiger charge is 2.10. The molecule has 5 nitrogen and oxygen atoms in total. The second kappa shape index (κ2) is 6.56. The Hall–Kier alpha value is -1.56. The van der Waals surface area contributed by atoms with Crippen molar-refractivity contribution in [3.05, 3.63) is 29.8 Å². The van der Waals surface area contributed by atoms with Gasteiger partial charge in [-0.15, -0.1) is 0 Å². The number of hydrogen-bond acceptors (Lipinski definition) is 3. The number of anilines is 1. The molecule has 106 valence electrons.